The van der Waals surface area contributed by atoms with E-state index < -0.39 is 5.92 Å². The summed E-state index contributed by atoms with van der Waals surface area (Å²) in [4.78, 5) is 17.0. The number of benzene rings is 2. The van der Waals surface area contributed by atoms with E-state index in [4.69, 9.17) is 4.74 Å². The number of hydrogen-bond acceptors (Lipinski definition) is 3. The molecule has 0 fully saturated rings. The van der Waals surface area contributed by atoms with Gasteiger partial charge in [0.05, 0.1) is 13.0 Å². The number of ether oxygens (including phenoxy) is 1. The zero-order chi connectivity index (χ0) is 18.4. The number of carbonyl (C=O) groups excluding carboxylic acids is 1. The maximum absolute atomic E-state index is 13.3. The van der Waals surface area contributed by atoms with Gasteiger partial charge in [-0.15, -0.1) is 0 Å². The maximum Gasteiger partial charge on any atom is 0.232 e. The van der Waals surface area contributed by atoms with E-state index in [-0.39, 0.29) is 11.7 Å². The Hall–Kier alpha value is -3.21. The molecule has 3 rings (SSSR count). The molecule has 3 aromatic rings. The van der Waals surface area contributed by atoms with Crippen LogP contribution in [0.5, 0.6) is 5.75 Å². The lowest BCUT2D eigenvalue weighted by Crippen LogP contribution is -2.23. The second-order valence-electron chi connectivity index (χ2n) is 5.89. The Balaban J connectivity index is 1.86. The van der Waals surface area contributed by atoms with Crippen LogP contribution in [0, 0.1) is 5.82 Å². The van der Waals surface area contributed by atoms with Gasteiger partial charge in [-0.05, 0) is 47.9 Å². The average molecular weight is 350 g/mol. The number of carbonyl (C=O) groups is 1. The highest BCUT2D eigenvalue weighted by molar-refractivity contribution is 5.96. The number of anilines is 1. The molecule has 0 aliphatic rings. The van der Waals surface area contributed by atoms with E-state index in [2.05, 4.69) is 10.3 Å². The number of rotatable bonds is 6. The Morgan fingerprint density at radius 3 is 2.65 bits per heavy atom. The van der Waals surface area contributed by atoms with Crippen LogP contribution < -0.4 is 10.1 Å². The normalized spacial score (nSPS) is 11.6. The van der Waals surface area contributed by atoms with Crippen molar-refractivity contribution in [2.45, 2.75) is 12.3 Å². The van der Waals surface area contributed by atoms with E-state index >= 15 is 0 Å². The summed E-state index contributed by atoms with van der Waals surface area (Å²) in [5.41, 5.74) is 2.32. The number of hydrogen-bond donors (Lipinski definition) is 1. The molecule has 1 N–H and O–H groups in total. The quantitative estimate of drug-likeness (QED) is 0.725. The molecule has 0 saturated heterocycles. The molecule has 0 bridgehead atoms. The number of pyridine rings is 1. The van der Waals surface area contributed by atoms with Gasteiger partial charge in [0.25, 0.3) is 0 Å². The second kappa shape index (κ2) is 8.25. The van der Waals surface area contributed by atoms with Gasteiger partial charge in [-0.25, -0.2) is 4.39 Å². The predicted molar refractivity (Wildman–Crippen MR) is 98.7 cm³/mol. The van der Waals surface area contributed by atoms with E-state index in [9.17, 15) is 9.18 Å². The standard InChI is InChI=1S/C21H19FN2O2/c1-26-19-6-2-5-18(13-19)24-21(25)20(12-15-4-3-11-23-14-15)16-7-9-17(22)10-8-16/h2-11,13-14,20H,12H2,1H3,(H,24,25). The van der Waals surface area contributed by atoms with Crippen LogP contribution in [0.2, 0.25) is 0 Å². The van der Waals surface area contributed by atoms with Crippen LogP contribution in [-0.2, 0) is 11.2 Å². The number of methoxy groups -OCH3 is 1. The first-order valence-corrected chi connectivity index (χ1v) is 8.25. The zero-order valence-corrected chi connectivity index (χ0v) is 14.4. The van der Waals surface area contributed by atoms with Crippen LogP contribution in [0.3, 0.4) is 0 Å². The average Bonchev–Trinajstić information content (AvgIpc) is 2.68. The molecule has 1 atom stereocenters. The smallest absolute Gasteiger partial charge is 0.232 e. The number of nitrogens with zero attached hydrogens (tertiary/aromatic N) is 1. The van der Waals surface area contributed by atoms with Crippen LogP contribution in [0.4, 0.5) is 10.1 Å². The van der Waals surface area contributed by atoms with Crippen molar-refractivity contribution in [1.82, 2.24) is 4.98 Å². The van der Waals surface area contributed by atoms with Crippen LogP contribution in [-0.4, -0.2) is 18.0 Å². The molecule has 0 radical (unpaired) electrons. The first-order valence-electron chi connectivity index (χ1n) is 8.25. The minimum absolute atomic E-state index is 0.172. The molecular weight excluding hydrogens is 331 g/mol. The molecule has 5 heteroatoms. The number of halogens is 1. The second-order valence-corrected chi connectivity index (χ2v) is 5.89. The molecule has 132 valence electrons. The fraction of sp³-hybridized carbons (Fsp3) is 0.143. The van der Waals surface area contributed by atoms with Gasteiger partial charge in [0.15, 0.2) is 0 Å². The van der Waals surface area contributed by atoms with E-state index in [1.807, 2.05) is 24.3 Å². The summed E-state index contributed by atoms with van der Waals surface area (Å²) in [6.07, 6.45) is 3.89. The summed E-state index contributed by atoms with van der Waals surface area (Å²) in [5, 5.41) is 2.92. The predicted octanol–water partition coefficient (Wildman–Crippen LogP) is 4.19. The lowest BCUT2D eigenvalue weighted by Gasteiger charge is -2.18. The molecule has 1 unspecified atom stereocenters. The van der Waals surface area contributed by atoms with Crippen LogP contribution in [0.25, 0.3) is 0 Å². The van der Waals surface area contributed by atoms with Gasteiger partial charge in [0, 0.05) is 24.1 Å². The van der Waals surface area contributed by atoms with Gasteiger partial charge >= 0.3 is 0 Å². The Morgan fingerprint density at radius 2 is 1.96 bits per heavy atom. The lowest BCUT2D eigenvalue weighted by atomic mass is 9.91. The van der Waals surface area contributed by atoms with E-state index in [1.165, 1.54) is 12.1 Å². The van der Waals surface area contributed by atoms with E-state index in [0.717, 1.165) is 11.1 Å². The van der Waals surface area contributed by atoms with Crippen molar-refractivity contribution in [3.63, 3.8) is 0 Å². The van der Waals surface area contributed by atoms with Gasteiger partial charge in [0.2, 0.25) is 5.91 Å². The first kappa shape index (κ1) is 17.6. The molecular formula is C21H19FN2O2. The molecule has 0 spiro atoms. The van der Waals surface area contributed by atoms with Gasteiger partial charge in [-0.2, -0.15) is 0 Å². The van der Waals surface area contributed by atoms with E-state index in [0.29, 0.717) is 17.9 Å². The van der Waals surface area contributed by atoms with Crippen molar-refractivity contribution < 1.29 is 13.9 Å². The third-order valence-electron chi connectivity index (χ3n) is 4.09. The molecule has 0 aliphatic heterocycles. The topological polar surface area (TPSA) is 51.2 Å². The highest BCUT2D eigenvalue weighted by atomic mass is 19.1. The van der Waals surface area contributed by atoms with Crippen LogP contribution >= 0.6 is 0 Å². The highest BCUT2D eigenvalue weighted by Crippen LogP contribution is 2.24. The molecule has 26 heavy (non-hydrogen) atoms. The fourth-order valence-corrected chi connectivity index (χ4v) is 2.74. The van der Waals surface area contributed by atoms with Gasteiger partial charge in [-0.3, -0.25) is 9.78 Å². The summed E-state index contributed by atoms with van der Waals surface area (Å²) in [7, 11) is 1.57. The van der Waals surface area contributed by atoms with Crippen LogP contribution in [0.15, 0.2) is 73.1 Å². The third kappa shape index (κ3) is 4.45. The number of amides is 1. The zero-order valence-electron chi connectivity index (χ0n) is 14.4. The molecule has 2 aromatic carbocycles. The molecule has 4 nitrogen and oxygen atoms in total. The van der Waals surface area contributed by atoms with Crippen molar-refractivity contribution in [1.29, 1.82) is 0 Å². The summed E-state index contributed by atoms with van der Waals surface area (Å²) in [5.74, 6) is -0.310. The Morgan fingerprint density at radius 1 is 1.15 bits per heavy atom. The minimum Gasteiger partial charge on any atom is -0.497 e. The van der Waals surface area contributed by atoms with Crippen molar-refractivity contribution in [3.05, 3.63) is 90.0 Å². The molecule has 1 heterocycles. The number of nitrogens with one attached hydrogen (secondary N) is 1. The molecule has 0 saturated carbocycles. The molecule has 1 amide bonds. The first-order chi connectivity index (χ1) is 12.7. The maximum atomic E-state index is 13.3. The monoisotopic (exact) mass is 350 g/mol. The fourth-order valence-electron chi connectivity index (χ4n) is 2.74. The minimum atomic E-state index is -0.467. The molecule has 0 aliphatic carbocycles. The summed E-state index contributed by atoms with van der Waals surface area (Å²) >= 11 is 0. The van der Waals surface area contributed by atoms with Crippen LogP contribution in [0.1, 0.15) is 17.0 Å². The Bertz CT molecular complexity index is 867. The van der Waals surface area contributed by atoms with Crippen molar-refractivity contribution in [2.24, 2.45) is 0 Å². The lowest BCUT2D eigenvalue weighted by molar-refractivity contribution is -0.117. The Kier molecular flexibility index (Phi) is 5.59. The van der Waals surface area contributed by atoms with Crippen molar-refractivity contribution in [2.75, 3.05) is 12.4 Å². The number of aromatic nitrogens is 1. The Labute approximate surface area is 151 Å². The summed E-state index contributed by atoms with van der Waals surface area (Å²) < 4.78 is 18.5. The SMILES string of the molecule is COc1cccc(NC(=O)C(Cc2cccnc2)c2ccc(F)cc2)c1. The summed E-state index contributed by atoms with van der Waals surface area (Å²) in [6, 6.07) is 16.9. The summed E-state index contributed by atoms with van der Waals surface area (Å²) in [6.45, 7) is 0. The third-order valence-corrected chi connectivity index (χ3v) is 4.09. The van der Waals surface area contributed by atoms with Gasteiger partial charge in [0.1, 0.15) is 11.6 Å². The van der Waals surface area contributed by atoms with Gasteiger partial charge in [-0.1, -0.05) is 24.3 Å². The van der Waals surface area contributed by atoms with Gasteiger partial charge < -0.3 is 10.1 Å². The largest absolute Gasteiger partial charge is 0.497 e. The highest BCUT2D eigenvalue weighted by Gasteiger charge is 2.22. The van der Waals surface area contributed by atoms with Crippen molar-refractivity contribution >= 4 is 11.6 Å². The molecule has 1 aromatic heterocycles. The van der Waals surface area contributed by atoms with E-state index in [1.54, 1.807) is 43.8 Å². The van der Waals surface area contributed by atoms with Crippen molar-refractivity contribution in [3.8, 4) is 5.75 Å².